The van der Waals surface area contributed by atoms with E-state index in [4.69, 9.17) is 18.9 Å². The molecule has 0 aromatic heterocycles. The second kappa shape index (κ2) is 18.6. The summed E-state index contributed by atoms with van der Waals surface area (Å²) < 4.78 is 23.5. The minimum atomic E-state index is -1.33. The molecule has 0 saturated carbocycles. The Kier molecular flexibility index (Phi) is 15.5. The number of carbonyl (C=O) groups is 3. The topological polar surface area (TPSA) is 159 Å². The first-order chi connectivity index (χ1) is 23.5. The van der Waals surface area contributed by atoms with Crippen molar-refractivity contribution in [1.82, 2.24) is 9.80 Å². The maximum absolute atomic E-state index is 13.5. The first-order valence-corrected chi connectivity index (χ1v) is 18.3. The molecule has 0 spiro atoms. The second-order valence-electron chi connectivity index (χ2n) is 14.8. The molecule has 10 unspecified atom stereocenters. The van der Waals surface area contributed by atoms with Crippen LogP contribution in [0.25, 0.3) is 0 Å². The number of nitrogens with zero attached hydrogens (tertiary/aromatic N) is 2. The zero-order chi connectivity index (χ0) is 37.2. The van der Waals surface area contributed by atoms with Crippen molar-refractivity contribution in [1.29, 1.82) is 0 Å². The molecular weight excluding hydrogens is 644 g/mol. The number of allylic oxidation sites excluding steroid dienone is 2. The first-order valence-electron chi connectivity index (χ1n) is 18.3. The van der Waals surface area contributed by atoms with Crippen LogP contribution in [0.5, 0.6) is 0 Å². The molecule has 284 valence electrons. The van der Waals surface area contributed by atoms with Crippen molar-refractivity contribution in [2.75, 3.05) is 32.7 Å². The van der Waals surface area contributed by atoms with Gasteiger partial charge in [0.15, 0.2) is 11.7 Å². The van der Waals surface area contributed by atoms with Crippen molar-refractivity contribution >= 4 is 18.0 Å². The molecule has 0 aromatic rings. The van der Waals surface area contributed by atoms with Crippen LogP contribution >= 0.6 is 0 Å². The summed E-state index contributed by atoms with van der Waals surface area (Å²) in [7, 11) is 0. The van der Waals surface area contributed by atoms with Crippen molar-refractivity contribution < 1.29 is 48.7 Å². The van der Waals surface area contributed by atoms with E-state index in [0.717, 1.165) is 26.1 Å². The van der Waals surface area contributed by atoms with Crippen LogP contribution in [0.2, 0.25) is 0 Å². The number of esters is 2. The zero-order valence-electron chi connectivity index (χ0n) is 31.4. The van der Waals surface area contributed by atoms with E-state index in [1.807, 2.05) is 27.7 Å². The van der Waals surface area contributed by atoms with E-state index in [-0.39, 0.29) is 37.4 Å². The van der Waals surface area contributed by atoms with Gasteiger partial charge in [0.1, 0.15) is 6.10 Å². The molecule has 3 aliphatic rings. The third-order valence-corrected chi connectivity index (χ3v) is 10.3. The summed E-state index contributed by atoms with van der Waals surface area (Å²) in [6.45, 7) is 17.9. The second-order valence-corrected chi connectivity index (χ2v) is 14.8. The van der Waals surface area contributed by atoms with Gasteiger partial charge in [-0.3, -0.25) is 9.59 Å². The third-order valence-electron chi connectivity index (χ3n) is 10.3. The lowest BCUT2D eigenvalue weighted by molar-refractivity contribution is -0.158. The van der Waals surface area contributed by atoms with Gasteiger partial charge in [0.25, 0.3) is 0 Å². The molecule has 3 N–H and O–H groups in total. The number of carbonyl (C=O) groups excluding carboxylic acids is 3. The molecule has 3 rings (SSSR count). The number of aliphatic hydroxyl groups is 3. The number of likely N-dealkylation sites (N-methyl/N-ethyl adjacent to an activating group) is 1. The summed E-state index contributed by atoms with van der Waals surface area (Å²) in [5, 5.41) is 32.1. The van der Waals surface area contributed by atoms with Crippen LogP contribution in [0, 0.1) is 11.8 Å². The molecule has 0 aliphatic carbocycles. The predicted molar refractivity (Wildman–Crippen MR) is 189 cm³/mol. The van der Waals surface area contributed by atoms with Crippen LogP contribution in [0.3, 0.4) is 0 Å². The number of epoxide rings is 1. The molecule has 0 aromatic carbocycles. The lowest BCUT2D eigenvalue weighted by Crippen LogP contribution is -2.49. The maximum Gasteiger partial charge on any atom is 0.410 e. The molecule has 12 nitrogen and oxygen atoms in total. The van der Waals surface area contributed by atoms with Crippen LogP contribution in [0.15, 0.2) is 36.0 Å². The monoisotopic (exact) mass is 706 g/mol. The van der Waals surface area contributed by atoms with Gasteiger partial charge >= 0.3 is 18.0 Å². The summed E-state index contributed by atoms with van der Waals surface area (Å²) in [6.07, 6.45) is 6.40. The van der Waals surface area contributed by atoms with Gasteiger partial charge in [0, 0.05) is 44.8 Å². The van der Waals surface area contributed by atoms with Crippen molar-refractivity contribution in [3.05, 3.63) is 36.0 Å². The quantitative estimate of drug-likeness (QED) is 0.0925. The minimum Gasteiger partial charge on any atom is -0.457 e. The number of amides is 1. The molecule has 3 heterocycles. The van der Waals surface area contributed by atoms with Gasteiger partial charge in [0.2, 0.25) is 0 Å². The molecule has 10 atom stereocenters. The van der Waals surface area contributed by atoms with Crippen LogP contribution in [0.4, 0.5) is 4.79 Å². The highest BCUT2D eigenvalue weighted by Gasteiger charge is 2.47. The highest BCUT2D eigenvalue weighted by Crippen LogP contribution is 2.38. The fraction of sp³-hybridized carbons (Fsp3) is 0.763. The molecule has 3 aliphatic heterocycles. The van der Waals surface area contributed by atoms with Crippen LogP contribution in [0.1, 0.15) is 93.9 Å². The van der Waals surface area contributed by atoms with Crippen molar-refractivity contribution in [2.24, 2.45) is 11.8 Å². The number of hydrogen-bond donors (Lipinski definition) is 3. The van der Waals surface area contributed by atoms with Crippen LogP contribution in [-0.2, 0) is 28.5 Å². The van der Waals surface area contributed by atoms with Crippen LogP contribution < -0.4 is 0 Å². The first kappa shape index (κ1) is 41.6. The highest BCUT2D eigenvalue weighted by atomic mass is 16.6. The molecular formula is C38H62N2O10. The molecule has 12 heteroatoms. The molecule has 50 heavy (non-hydrogen) atoms. The number of aliphatic hydroxyl groups excluding tert-OH is 2. The van der Waals surface area contributed by atoms with E-state index < -0.39 is 59.6 Å². The summed E-state index contributed by atoms with van der Waals surface area (Å²) in [5.74, 6) is -1.55. The fourth-order valence-electron chi connectivity index (χ4n) is 6.81. The summed E-state index contributed by atoms with van der Waals surface area (Å²) in [6, 6.07) is 0. The van der Waals surface area contributed by atoms with Gasteiger partial charge < -0.3 is 44.1 Å². The summed E-state index contributed by atoms with van der Waals surface area (Å²) >= 11 is 0. The molecule has 0 bridgehead atoms. The lowest BCUT2D eigenvalue weighted by atomic mass is 9.88. The predicted octanol–water partition coefficient (Wildman–Crippen LogP) is 4.31. The van der Waals surface area contributed by atoms with Crippen molar-refractivity contribution in [3.63, 3.8) is 0 Å². The lowest BCUT2D eigenvalue weighted by Gasteiger charge is -2.37. The van der Waals surface area contributed by atoms with E-state index in [2.05, 4.69) is 11.8 Å². The maximum atomic E-state index is 13.5. The van der Waals surface area contributed by atoms with Gasteiger partial charge in [-0.05, 0) is 71.2 Å². The standard InChI is InChI=1S/C38H62N2O10/c1-9-30(43)27(5)35-31(48-35)24-37(7,46)17-11-13-25(3)34-26(4)14-15-32(47-28(6)41)38(8,18-16-29(42)23-33(44)49-34)50-36(45)40-20-12-19-39(10-2)21-22-40/h11,13-15,17,26-27,29-32,34-35,42-43,46H,9-10,12,16,18-24H2,1-8H3. The van der Waals surface area contributed by atoms with E-state index >= 15 is 0 Å². The van der Waals surface area contributed by atoms with Crippen molar-refractivity contribution in [3.8, 4) is 0 Å². The normalized spacial score (nSPS) is 32.9. The molecule has 0 radical (unpaired) electrons. The Morgan fingerprint density at radius 3 is 2.56 bits per heavy atom. The molecule has 2 saturated heterocycles. The van der Waals surface area contributed by atoms with Gasteiger partial charge in [-0.1, -0.05) is 52.0 Å². The Bertz CT molecular complexity index is 1230. The van der Waals surface area contributed by atoms with E-state index in [9.17, 15) is 29.7 Å². The third kappa shape index (κ3) is 12.5. The molecule has 1 amide bonds. The number of hydrogen-bond acceptors (Lipinski definition) is 11. The fourth-order valence-corrected chi connectivity index (χ4v) is 6.81. The van der Waals surface area contributed by atoms with Gasteiger partial charge in [-0.2, -0.15) is 0 Å². The summed E-state index contributed by atoms with van der Waals surface area (Å²) in [5.41, 5.74) is -1.81. The van der Waals surface area contributed by atoms with Gasteiger partial charge in [0.05, 0.1) is 36.4 Å². The SMILES string of the molecule is CCC(O)C(C)C1OC1CC(C)(O)C=CC=C(C)C1OC(=O)CC(O)CCC(C)(OC(=O)N2CCCN(CC)CC2)C(OC(C)=O)C=CC1C. The van der Waals surface area contributed by atoms with Gasteiger partial charge in [-0.15, -0.1) is 0 Å². The Labute approximate surface area is 298 Å². The van der Waals surface area contributed by atoms with Crippen LogP contribution in [-0.4, -0.2) is 124 Å². The number of ether oxygens (including phenoxy) is 4. The Morgan fingerprint density at radius 1 is 1.18 bits per heavy atom. The largest absolute Gasteiger partial charge is 0.457 e. The zero-order valence-corrected chi connectivity index (χ0v) is 31.4. The van der Waals surface area contributed by atoms with E-state index in [1.165, 1.54) is 6.92 Å². The highest BCUT2D eigenvalue weighted by molar-refractivity contribution is 5.71. The Hall–Kier alpha value is -2.77. The minimum absolute atomic E-state index is 0.0209. The molecule has 2 fully saturated rings. The Morgan fingerprint density at radius 2 is 1.90 bits per heavy atom. The number of cyclic esters (lactones) is 1. The van der Waals surface area contributed by atoms with Crippen molar-refractivity contribution in [2.45, 2.75) is 142 Å². The average Bonchev–Trinajstić information content (AvgIpc) is 3.85. The number of rotatable bonds is 11. The van der Waals surface area contributed by atoms with Gasteiger partial charge in [-0.25, -0.2) is 4.79 Å². The Balaban J connectivity index is 1.81. The average molecular weight is 707 g/mol. The smallest absolute Gasteiger partial charge is 0.410 e. The van der Waals surface area contributed by atoms with E-state index in [1.54, 1.807) is 49.1 Å². The van der Waals surface area contributed by atoms with E-state index in [0.29, 0.717) is 31.5 Å². The summed E-state index contributed by atoms with van der Waals surface area (Å²) in [4.78, 5) is 42.8.